The highest BCUT2D eigenvalue weighted by molar-refractivity contribution is 5.56. The average Bonchev–Trinajstić information content (AvgIpc) is 2.57. The van der Waals surface area contributed by atoms with E-state index in [0.717, 1.165) is 28.0 Å². The smallest absolute Gasteiger partial charge is 0.161 e. The van der Waals surface area contributed by atoms with Crippen LogP contribution in [0.25, 0.3) is 0 Å². The maximum absolute atomic E-state index is 10.3. The Morgan fingerprint density at radius 3 is 2.91 bits per heavy atom. The van der Waals surface area contributed by atoms with Gasteiger partial charge in [0.2, 0.25) is 0 Å². The third kappa shape index (κ3) is 1.80. The molecule has 0 aromatic heterocycles. The van der Waals surface area contributed by atoms with E-state index in [-0.39, 0.29) is 17.8 Å². The minimum Gasteiger partial charge on any atom is -0.504 e. The van der Waals surface area contributed by atoms with Crippen molar-refractivity contribution in [2.24, 2.45) is 0 Å². The molecule has 1 N–H and O–H groups in total. The highest BCUT2D eigenvalue weighted by Gasteiger charge is 2.39. The van der Waals surface area contributed by atoms with E-state index in [4.69, 9.17) is 14.2 Å². The zero-order chi connectivity index (χ0) is 15.3. The summed E-state index contributed by atoms with van der Waals surface area (Å²) in [6.07, 6.45) is -0.0241. The number of para-hydroxylation sites is 1. The van der Waals surface area contributed by atoms with Crippen LogP contribution in [0.4, 0.5) is 0 Å². The normalized spacial score (nSPS) is 22.1. The van der Waals surface area contributed by atoms with Gasteiger partial charge in [-0.1, -0.05) is 18.2 Å². The molecule has 114 valence electrons. The summed E-state index contributed by atoms with van der Waals surface area (Å²) in [6, 6.07) is 9.87. The Hall–Kier alpha value is -2.20. The molecular formula is C18H18O4. The zero-order valence-corrected chi connectivity index (χ0v) is 12.6. The molecule has 0 fully saturated rings. The number of phenols is 1. The van der Waals surface area contributed by atoms with E-state index in [1.807, 2.05) is 31.2 Å². The van der Waals surface area contributed by atoms with Crippen LogP contribution >= 0.6 is 0 Å². The van der Waals surface area contributed by atoms with Gasteiger partial charge in [-0.25, -0.2) is 0 Å². The van der Waals surface area contributed by atoms with E-state index in [0.29, 0.717) is 19.0 Å². The Morgan fingerprint density at radius 1 is 1.27 bits per heavy atom. The second-order valence-corrected chi connectivity index (χ2v) is 5.81. The molecule has 4 heteroatoms. The average molecular weight is 298 g/mol. The van der Waals surface area contributed by atoms with E-state index in [1.54, 1.807) is 7.11 Å². The second-order valence-electron chi connectivity index (χ2n) is 5.81. The highest BCUT2D eigenvalue weighted by Crippen LogP contribution is 2.50. The van der Waals surface area contributed by atoms with Gasteiger partial charge in [0.15, 0.2) is 11.5 Å². The van der Waals surface area contributed by atoms with Gasteiger partial charge >= 0.3 is 0 Å². The summed E-state index contributed by atoms with van der Waals surface area (Å²) < 4.78 is 17.3. The van der Waals surface area contributed by atoms with Crippen LogP contribution in [0.5, 0.6) is 17.2 Å². The molecular weight excluding hydrogens is 280 g/mol. The first-order valence-corrected chi connectivity index (χ1v) is 7.43. The van der Waals surface area contributed by atoms with Gasteiger partial charge in [-0.2, -0.15) is 0 Å². The Morgan fingerprint density at radius 2 is 2.09 bits per heavy atom. The first kappa shape index (κ1) is 13.5. The van der Waals surface area contributed by atoms with Crippen molar-refractivity contribution in [3.8, 4) is 17.2 Å². The van der Waals surface area contributed by atoms with Crippen molar-refractivity contribution in [3.05, 3.63) is 52.6 Å². The topological polar surface area (TPSA) is 47.9 Å². The fourth-order valence-corrected chi connectivity index (χ4v) is 3.60. The van der Waals surface area contributed by atoms with Gasteiger partial charge in [-0.15, -0.1) is 0 Å². The number of methoxy groups -OCH3 is 1. The third-order valence-corrected chi connectivity index (χ3v) is 4.66. The van der Waals surface area contributed by atoms with Crippen molar-refractivity contribution < 1.29 is 19.3 Å². The van der Waals surface area contributed by atoms with Crippen LogP contribution in [0.1, 0.15) is 34.3 Å². The number of ether oxygens (including phenoxy) is 3. The number of aromatic hydroxyl groups is 1. The molecule has 2 unspecified atom stereocenters. The summed E-state index contributed by atoms with van der Waals surface area (Å²) in [5.41, 5.74) is 4.13. The van der Waals surface area contributed by atoms with E-state index >= 15 is 0 Å². The van der Waals surface area contributed by atoms with Gasteiger partial charge in [0, 0.05) is 11.5 Å². The molecule has 4 rings (SSSR count). The molecule has 0 radical (unpaired) electrons. The molecule has 0 saturated carbocycles. The van der Waals surface area contributed by atoms with Gasteiger partial charge in [0.05, 0.1) is 26.4 Å². The van der Waals surface area contributed by atoms with Crippen LogP contribution in [0.15, 0.2) is 30.3 Å². The molecule has 0 spiro atoms. The van der Waals surface area contributed by atoms with Crippen molar-refractivity contribution in [2.45, 2.75) is 25.6 Å². The van der Waals surface area contributed by atoms with Crippen LogP contribution in [-0.2, 0) is 11.3 Å². The number of hydrogen-bond donors (Lipinski definition) is 1. The molecule has 2 aromatic carbocycles. The Kier molecular flexibility index (Phi) is 3.01. The number of phenolic OH excluding ortho intramolecular Hbond substituents is 1. The van der Waals surface area contributed by atoms with Crippen molar-refractivity contribution >= 4 is 0 Å². The van der Waals surface area contributed by atoms with Crippen LogP contribution in [0.2, 0.25) is 0 Å². The maximum atomic E-state index is 10.3. The summed E-state index contributed by atoms with van der Waals surface area (Å²) >= 11 is 0. The molecule has 2 heterocycles. The van der Waals surface area contributed by atoms with Crippen molar-refractivity contribution in [2.75, 3.05) is 13.7 Å². The molecule has 2 aromatic rings. The number of hydrogen-bond acceptors (Lipinski definition) is 4. The Bertz CT molecular complexity index is 738. The first-order valence-electron chi connectivity index (χ1n) is 7.43. The lowest BCUT2D eigenvalue weighted by atomic mass is 9.80. The molecule has 0 aliphatic carbocycles. The third-order valence-electron chi connectivity index (χ3n) is 4.66. The van der Waals surface area contributed by atoms with Crippen molar-refractivity contribution in [3.63, 3.8) is 0 Å². The Balaban J connectivity index is 1.85. The maximum Gasteiger partial charge on any atom is 0.161 e. The summed E-state index contributed by atoms with van der Waals surface area (Å²) in [5.74, 6) is 1.69. The predicted octanol–water partition coefficient (Wildman–Crippen LogP) is 3.46. The largest absolute Gasteiger partial charge is 0.504 e. The van der Waals surface area contributed by atoms with E-state index in [2.05, 4.69) is 6.07 Å². The zero-order valence-electron chi connectivity index (χ0n) is 12.6. The molecule has 2 aliphatic rings. The predicted molar refractivity (Wildman–Crippen MR) is 81.6 cm³/mol. The summed E-state index contributed by atoms with van der Waals surface area (Å²) in [6.45, 7) is 3.00. The molecule has 22 heavy (non-hydrogen) atoms. The fraction of sp³-hybridized carbons (Fsp3) is 0.333. The molecule has 2 aliphatic heterocycles. The molecule has 0 saturated heterocycles. The standard InChI is InChI=1S/C18H18O4/c1-10-16-11(7-15(20-2)17(10)19)8-22-18-12-5-3-4-6-14(12)21-9-13(16)18/h3-7,13,18-19H,8-9H2,1-2H3. The molecule has 2 atom stereocenters. The molecule has 0 bridgehead atoms. The lowest BCUT2D eigenvalue weighted by Gasteiger charge is -2.39. The van der Waals surface area contributed by atoms with E-state index < -0.39 is 0 Å². The van der Waals surface area contributed by atoms with Gasteiger partial charge in [0.1, 0.15) is 5.75 Å². The number of rotatable bonds is 1. The monoisotopic (exact) mass is 298 g/mol. The van der Waals surface area contributed by atoms with Gasteiger partial charge in [0.25, 0.3) is 0 Å². The lowest BCUT2D eigenvalue weighted by molar-refractivity contribution is -0.0183. The summed E-state index contributed by atoms with van der Waals surface area (Å²) in [7, 11) is 1.56. The minimum absolute atomic E-state index is 0.0241. The van der Waals surface area contributed by atoms with Crippen LogP contribution in [-0.4, -0.2) is 18.8 Å². The van der Waals surface area contributed by atoms with E-state index in [9.17, 15) is 5.11 Å². The molecule has 4 nitrogen and oxygen atoms in total. The Labute approximate surface area is 129 Å². The van der Waals surface area contributed by atoms with Crippen molar-refractivity contribution in [1.82, 2.24) is 0 Å². The summed E-state index contributed by atoms with van der Waals surface area (Å²) in [4.78, 5) is 0. The van der Waals surface area contributed by atoms with Crippen LogP contribution < -0.4 is 9.47 Å². The second kappa shape index (κ2) is 4.92. The van der Waals surface area contributed by atoms with Gasteiger partial charge in [-0.3, -0.25) is 0 Å². The number of benzene rings is 2. The molecule has 0 amide bonds. The fourth-order valence-electron chi connectivity index (χ4n) is 3.60. The number of fused-ring (bicyclic) bond motifs is 5. The lowest BCUT2D eigenvalue weighted by Crippen LogP contribution is -2.31. The van der Waals surface area contributed by atoms with Gasteiger partial charge in [-0.05, 0) is 35.7 Å². The first-order chi connectivity index (χ1) is 10.7. The van der Waals surface area contributed by atoms with Gasteiger partial charge < -0.3 is 19.3 Å². The highest BCUT2D eigenvalue weighted by atomic mass is 16.5. The van der Waals surface area contributed by atoms with Crippen LogP contribution in [0.3, 0.4) is 0 Å². The minimum atomic E-state index is -0.0241. The quantitative estimate of drug-likeness (QED) is 0.876. The van der Waals surface area contributed by atoms with E-state index in [1.165, 1.54) is 0 Å². The van der Waals surface area contributed by atoms with Crippen LogP contribution in [0, 0.1) is 6.92 Å². The summed E-state index contributed by atoms with van der Waals surface area (Å²) in [5, 5.41) is 10.3. The SMILES string of the molecule is COc1cc2c(c(C)c1O)C1COc3ccccc3C1OC2. The van der Waals surface area contributed by atoms with Crippen molar-refractivity contribution in [1.29, 1.82) is 0 Å².